The third-order valence-electron chi connectivity index (χ3n) is 7.17. The Hall–Kier alpha value is -3.14. The summed E-state index contributed by atoms with van der Waals surface area (Å²) in [6, 6.07) is 14.0. The van der Waals surface area contributed by atoms with Crippen LogP contribution in [0.3, 0.4) is 0 Å². The maximum absolute atomic E-state index is 15.1. The average molecular weight is 493 g/mol. The van der Waals surface area contributed by atoms with Gasteiger partial charge < -0.3 is 0 Å². The molecule has 0 amide bonds. The molecular weight excluding hydrogens is 460 g/mol. The summed E-state index contributed by atoms with van der Waals surface area (Å²) >= 11 is 0. The lowest BCUT2D eigenvalue weighted by atomic mass is 9.81. The summed E-state index contributed by atoms with van der Waals surface area (Å²) in [6.45, 7) is 5.78. The summed E-state index contributed by atoms with van der Waals surface area (Å²) in [6.07, 6.45) is 9.17. The third kappa shape index (κ3) is 5.48. The van der Waals surface area contributed by atoms with E-state index in [1.165, 1.54) is 0 Å². The smallest absolute Gasteiger partial charge is 0.166 e. The molecule has 0 aromatic heterocycles. The van der Waals surface area contributed by atoms with Crippen molar-refractivity contribution in [3.05, 3.63) is 113 Å². The Balaban J connectivity index is 1.51. The van der Waals surface area contributed by atoms with Crippen molar-refractivity contribution in [2.45, 2.75) is 64.2 Å². The van der Waals surface area contributed by atoms with Crippen molar-refractivity contribution >= 4 is 5.57 Å². The Morgan fingerprint density at radius 2 is 1.56 bits per heavy atom. The summed E-state index contributed by atoms with van der Waals surface area (Å²) in [5.74, 6) is -3.49. The first-order valence-corrected chi connectivity index (χ1v) is 12.8. The molecule has 1 unspecified atom stereocenters. The van der Waals surface area contributed by atoms with Crippen LogP contribution in [0, 0.1) is 23.3 Å². The lowest BCUT2D eigenvalue weighted by molar-refractivity contribution is 0.480. The maximum Gasteiger partial charge on any atom is 0.166 e. The fourth-order valence-corrected chi connectivity index (χ4v) is 5.05. The molecule has 188 valence electrons. The van der Waals surface area contributed by atoms with Crippen LogP contribution in [0.4, 0.5) is 17.6 Å². The Morgan fingerprint density at radius 1 is 0.833 bits per heavy atom. The van der Waals surface area contributed by atoms with E-state index < -0.39 is 23.3 Å². The van der Waals surface area contributed by atoms with Crippen molar-refractivity contribution in [3.63, 3.8) is 0 Å². The van der Waals surface area contributed by atoms with Gasteiger partial charge in [0.05, 0.1) is 0 Å². The highest BCUT2D eigenvalue weighted by Gasteiger charge is 2.25. The molecule has 0 nitrogen and oxygen atoms in total. The second-order valence-electron chi connectivity index (χ2n) is 9.58. The first kappa shape index (κ1) is 25.9. The van der Waals surface area contributed by atoms with Gasteiger partial charge in [0.25, 0.3) is 0 Å². The fourth-order valence-electron chi connectivity index (χ4n) is 5.05. The molecule has 0 saturated carbocycles. The maximum atomic E-state index is 15.1. The van der Waals surface area contributed by atoms with Gasteiger partial charge in [-0.25, -0.2) is 17.6 Å². The predicted octanol–water partition coefficient (Wildman–Crippen LogP) is 9.72. The molecule has 4 heteroatoms. The molecule has 0 bridgehead atoms. The van der Waals surface area contributed by atoms with Crippen molar-refractivity contribution < 1.29 is 17.6 Å². The molecule has 0 heterocycles. The van der Waals surface area contributed by atoms with E-state index in [1.807, 2.05) is 18.2 Å². The fraction of sp³-hybridized carbons (Fsp3) is 0.312. The minimum absolute atomic E-state index is 0.214. The number of halogens is 4. The molecule has 0 fully saturated rings. The van der Waals surface area contributed by atoms with Gasteiger partial charge in [-0.05, 0) is 72.3 Å². The van der Waals surface area contributed by atoms with Crippen molar-refractivity contribution in [3.8, 4) is 11.1 Å². The first-order chi connectivity index (χ1) is 17.4. The molecule has 4 rings (SSSR count). The second kappa shape index (κ2) is 11.7. The molecule has 0 spiro atoms. The zero-order chi connectivity index (χ0) is 25.7. The SMILES string of the molecule is C=CCc1ccc(-c2ccc(C3CC=C(c4ccc(CCCCC)c(F)c4F)CC3)c(F)c2F)cc1. The molecule has 1 atom stereocenters. The van der Waals surface area contributed by atoms with Crippen LogP contribution < -0.4 is 0 Å². The highest BCUT2D eigenvalue weighted by Crippen LogP contribution is 2.40. The van der Waals surface area contributed by atoms with Crippen LogP contribution >= 0.6 is 0 Å². The largest absolute Gasteiger partial charge is 0.203 e. The van der Waals surface area contributed by atoms with E-state index in [2.05, 4.69) is 13.5 Å². The highest BCUT2D eigenvalue weighted by atomic mass is 19.2. The Morgan fingerprint density at radius 3 is 2.22 bits per heavy atom. The van der Waals surface area contributed by atoms with E-state index in [9.17, 15) is 8.78 Å². The van der Waals surface area contributed by atoms with E-state index in [1.54, 1.807) is 42.5 Å². The van der Waals surface area contributed by atoms with E-state index >= 15 is 8.78 Å². The van der Waals surface area contributed by atoms with Crippen molar-refractivity contribution in [2.75, 3.05) is 0 Å². The van der Waals surface area contributed by atoms with Gasteiger partial charge in [-0.15, -0.1) is 6.58 Å². The van der Waals surface area contributed by atoms with Crippen LogP contribution in [0.15, 0.2) is 67.3 Å². The predicted molar refractivity (Wildman–Crippen MR) is 140 cm³/mol. The number of benzene rings is 3. The number of hydrogen-bond donors (Lipinski definition) is 0. The Kier molecular flexibility index (Phi) is 8.45. The molecular formula is C32H32F4. The number of aryl methyl sites for hydroxylation is 1. The molecule has 1 aliphatic carbocycles. The first-order valence-electron chi connectivity index (χ1n) is 12.8. The van der Waals surface area contributed by atoms with Crippen molar-refractivity contribution in [1.82, 2.24) is 0 Å². The molecule has 3 aromatic rings. The second-order valence-corrected chi connectivity index (χ2v) is 9.58. The van der Waals surface area contributed by atoms with Gasteiger partial charge in [-0.1, -0.05) is 80.4 Å². The molecule has 0 aliphatic heterocycles. The van der Waals surface area contributed by atoms with Crippen LogP contribution in [-0.4, -0.2) is 0 Å². The third-order valence-corrected chi connectivity index (χ3v) is 7.17. The molecule has 1 aliphatic rings. The highest BCUT2D eigenvalue weighted by molar-refractivity contribution is 5.68. The molecule has 0 N–H and O–H groups in total. The Bertz CT molecular complexity index is 1250. The topological polar surface area (TPSA) is 0 Å². The van der Waals surface area contributed by atoms with E-state index in [-0.39, 0.29) is 17.0 Å². The van der Waals surface area contributed by atoms with Gasteiger partial charge in [0.15, 0.2) is 23.3 Å². The van der Waals surface area contributed by atoms with Crippen LogP contribution in [0.25, 0.3) is 16.7 Å². The average Bonchev–Trinajstić information content (AvgIpc) is 2.89. The number of hydrogen-bond acceptors (Lipinski definition) is 0. The van der Waals surface area contributed by atoms with Crippen LogP contribution in [0.1, 0.15) is 73.6 Å². The summed E-state index contributed by atoms with van der Waals surface area (Å²) < 4.78 is 59.6. The summed E-state index contributed by atoms with van der Waals surface area (Å²) in [4.78, 5) is 0. The minimum atomic E-state index is -0.856. The van der Waals surface area contributed by atoms with E-state index in [0.717, 1.165) is 30.4 Å². The van der Waals surface area contributed by atoms with Crippen molar-refractivity contribution in [2.24, 2.45) is 0 Å². The van der Waals surface area contributed by atoms with Gasteiger partial charge in [0, 0.05) is 11.1 Å². The van der Waals surface area contributed by atoms with E-state index in [0.29, 0.717) is 48.8 Å². The summed E-state index contributed by atoms with van der Waals surface area (Å²) in [7, 11) is 0. The summed E-state index contributed by atoms with van der Waals surface area (Å²) in [5.41, 5.74) is 3.63. The molecule has 0 saturated heterocycles. The van der Waals surface area contributed by atoms with Crippen molar-refractivity contribution in [1.29, 1.82) is 0 Å². The number of rotatable bonds is 9. The molecule has 0 radical (unpaired) electrons. The quantitative estimate of drug-likeness (QED) is 0.158. The monoisotopic (exact) mass is 492 g/mol. The van der Waals surface area contributed by atoms with Gasteiger partial charge >= 0.3 is 0 Å². The lowest BCUT2D eigenvalue weighted by Gasteiger charge is -2.24. The van der Waals surface area contributed by atoms with E-state index in [4.69, 9.17) is 0 Å². The van der Waals surface area contributed by atoms with Gasteiger partial charge in [-0.3, -0.25) is 0 Å². The zero-order valence-corrected chi connectivity index (χ0v) is 20.7. The molecule has 36 heavy (non-hydrogen) atoms. The normalized spacial score (nSPS) is 15.6. The van der Waals surface area contributed by atoms with Crippen LogP contribution in [0.5, 0.6) is 0 Å². The lowest BCUT2D eigenvalue weighted by Crippen LogP contribution is -2.09. The Labute approximate surface area is 211 Å². The minimum Gasteiger partial charge on any atom is -0.203 e. The van der Waals surface area contributed by atoms with Gasteiger partial charge in [0.1, 0.15) is 0 Å². The van der Waals surface area contributed by atoms with Gasteiger partial charge in [0.2, 0.25) is 0 Å². The number of unbranched alkanes of at least 4 members (excludes halogenated alkanes) is 2. The van der Waals surface area contributed by atoms with Gasteiger partial charge in [-0.2, -0.15) is 0 Å². The number of allylic oxidation sites excluding steroid dienone is 3. The summed E-state index contributed by atoms with van der Waals surface area (Å²) in [5, 5.41) is 0. The zero-order valence-electron chi connectivity index (χ0n) is 20.7. The van der Waals surface area contributed by atoms with Crippen LogP contribution in [-0.2, 0) is 12.8 Å². The molecule has 3 aromatic carbocycles. The van der Waals surface area contributed by atoms with Crippen LogP contribution in [0.2, 0.25) is 0 Å². The standard InChI is InChI=1S/C32H32F4/c1-3-5-6-8-25-17-18-26(30(34)29(25)33)23-13-15-24(16-14-23)28-20-19-27(31(35)32(28)36)22-11-9-21(7-4-2)10-12-22/h4,9-13,17-20,24H,2-3,5-8,14-16H2,1H3.